The second kappa shape index (κ2) is 2.58. The minimum absolute atomic E-state index is 0.160. The monoisotopic (exact) mass is 163 g/mol. The van der Waals surface area contributed by atoms with E-state index in [-0.39, 0.29) is 5.89 Å². The highest BCUT2D eigenvalue weighted by Crippen LogP contribution is 2.25. The van der Waals surface area contributed by atoms with Gasteiger partial charge in [0.05, 0.1) is 0 Å². The zero-order valence-corrected chi connectivity index (χ0v) is 5.84. The molecule has 1 heterocycles. The quantitative estimate of drug-likeness (QED) is 0.709. The third kappa shape index (κ3) is 1.54. The van der Waals surface area contributed by atoms with Gasteiger partial charge in [0.15, 0.2) is 11.6 Å². The SMILES string of the molecule is Cc1nc(C(F)(F)CO)co1. The van der Waals surface area contributed by atoms with Crippen LogP contribution in [0.5, 0.6) is 0 Å². The van der Waals surface area contributed by atoms with Crippen LogP contribution in [0.25, 0.3) is 0 Å². The molecule has 0 aliphatic heterocycles. The number of aryl methyl sites for hydroxylation is 1. The summed E-state index contributed by atoms with van der Waals surface area (Å²) in [6.45, 7) is 0.204. The molecule has 0 aromatic carbocycles. The molecule has 11 heavy (non-hydrogen) atoms. The van der Waals surface area contributed by atoms with Crippen molar-refractivity contribution < 1.29 is 18.3 Å². The average molecular weight is 163 g/mol. The Morgan fingerprint density at radius 1 is 1.73 bits per heavy atom. The lowest BCUT2D eigenvalue weighted by Gasteiger charge is -2.07. The van der Waals surface area contributed by atoms with Crippen LogP contribution in [0.3, 0.4) is 0 Å². The maximum atomic E-state index is 12.5. The Morgan fingerprint density at radius 2 is 2.36 bits per heavy atom. The fourth-order valence-corrected chi connectivity index (χ4v) is 0.612. The molecule has 0 aliphatic carbocycles. The van der Waals surface area contributed by atoms with E-state index in [4.69, 9.17) is 5.11 Å². The van der Waals surface area contributed by atoms with Crippen LogP contribution in [0.15, 0.2) is 10.7 Å². The van der Waals surface area contributed by atoms with Gasteiger partial charge >= 0.3 is 5.92 Å². The summed E-state index contributed by atoms with van der Waals surface area (Å²) in [6, 6.07) is 0. The summed E-state index contributed by atoms with van der Waals surface area (Å²) >= 11 is 0. The van der Waals surface area contributed by atoms with Gasteiger partial charge in [-0.1, -0.05) is 0 Å². The summed E-state index contributed by atoms with van der Waals surface area (Å²) in [4.78, 5) is 3.38. The van der Waals surface area contributed by atoms with Crippen molar-refractivity contribution in [1.29, 1.82) is 0 Å². The largest absolute Gasteiger partial charge is 0.449 e. The third-order valence-corrected chi connectivity index (χ3v) is 1.19. The molecule has 0 bridgehead atoms. The van der Waals surface area contributed by atoms with Gasteiger partial charge in [-0.3, -0.25) is 0 Å². The number of aromatic nitrogens is 1. The van der Waals surface area contributed by atoms with E-state index < -0.39 is 18.2 Å². The lowest BCUT2D eigenvalue weighted by atomic mass is 10.3. The Balaban J connectivity index is 2.92. The van der Waals surface area contributed by atoms with E-state index in [1.54, 1.807) is 0 Å². The first-order chi connectivity index (χ1) is 5.06. The molecule has 3 nitrogen and oxygen atoms in total. The van der Waals surface area contributed by atoms with Crippen LogP contribution in [-0.4, -0.2) is 16.7 Å². The van der Waals surface area contributed by atoms with Gasteiger partial charge in [-0.25, -0.2) is 4.98 Å². The van der Waals surface area contributed by atoms with Gasteiger partial charge in [0.2, 0.25) is 0 Å². The number of halogens is 2. The second-order valence-electron chi connectivity index (χ2n) is 2.11. The number of oxazole rings is 1. The molecule has 0 spiro atoms. The number of nitrogens with zero attached hydrogens (tertiary/aromatic N) is 1. The molecule has 1 aromatic heterocycles. The lowest BCUT2D eigenvalue weighted by Crippen LogP contribution is -2.18. The molecule has 1 rings (SSSR count). The predicted molar refractivity (Wildman–Crippen MR) is 32.2 cm³/mol. The molecule has 0 fully saturated rings. The Morgan fingerprint density at radius 3 is 2.73 bits per heavy atom. The number of aliphatic hydroxyl groups excluding tert-OH is 1. The second-order valence-corrected chi connectivity index (χ2v) is 2.11. The van der Waals surface area contributed by atoms with E-state index in [2.05, 4.69) is 9.40 Å². The van der Waals surface area contributed by atoms with E-state index in [1.807, 2.05) is 0 Å². The first-order valence-electron chi connectivity index (χ1n) is 2.97. The topological polar surface area (TPSA) is 46.3 Å². The lowest BCUT2D eigenvalue weighted by molar-refractivity contribution is -0.0593. The molecular weight excluding hydrogens is 156 g/mol. The fraction of sp³-hybridized carbons (Fsp3) is 0.500. The highest BCUT2D eigenvalue weighted by atomic mass is 19.3. The molecular formula is C6H7F2NO2. The van der Waals surface area contributed by atoms with E-state index in [0.717, 1.165) is 6.26 Å². The Labute approximate surface area is 61.7 Å². The normalized spacial score (nSPS) is 12.0. The third-order valence-electron chi connectivity index (χ3n) is 1.19. The fourth-order valence-electron chi connectivity index (χ4n) is 0.612. The molecule has 0 atom stereocenters. The van der Waals surface area contributed by atoms with Gasteiger partial charge in [-0.15, -0.1) is 0 Å². The van der Waals surface area contributed by atoms with Crippen molar-refractivity contribution >= 4 is 0 Å². The van der Waals surface area contributed by atoms with Gasteiger partial charge in [0.25, 0.3) is 0 Å². The molecule has 0 saturated carbocycles. The van der Waals surface area contributed by atoms with E-state index in [0.29, 0.717) is 0 Å². The summed E-state index contributed by atoms with van der Waals surface area (Å²) < 4.78 is 29.6. The molecule has 0 saturated heterocycles. The molecule has 0 amide bonds. The number of alkyl halides is 2. The van der Waals surface area contributed by atoms with Crippen LogP contribution >= 0.6 is 0 Å². The number of hydrogen-bond acceptors (Lipinski definition) is 3. The van der Waals surface area contributed by atoms with Crippen LogP contribution in [-0.2, 0) is 5.92 Å². The van der Waals surface area contributed by atoms with Crippen molar-refractivity contribution in [2.24, 2.45) is 0 Å². The first-order valence-corrected chi connectivity index (χ1v) is 2.97. The summed E-state index contributed by atoms with van der Waals surface area (Å²) in [5.74, 6) is -3.13. The minimum Gasteiger partial charge on any atom is -0.449 e. The number of hydrogen-bond donors (Lipinski definition) is 1. The van der Waals surface area contributed by atoms with Crippen LogP contribution in [0.1, 0.15) is 11.6 Å². The summed E-state index contributed by atoms with van der Waals surface area (Å²) in [6.07, 6.45) is 0.839. The van der Waals surface area contributed by atoms with Gasteiger partial charge in [-0.2, -0.15) is 8.78 Å². The van der Waals surface area contributed by atoms with E-state index in [9.17, 15) is 8.78 Å². The van der Waals surface area contributed by atoms with Crippen molar-refractivity contribution in [2.45, 2.75) is 12.8 Å². The Bertz CT molecular complexity index is 246. The van der Waals surface area contributed by atoms with Crippen molar-refractivity contribution in [1.82, 2.24) is 4.98 Å². The Hall–Kier alpha value is -0.970. The number of rotatable bonds is 2. The highest BCUT2D eigenvalue weighted by Gasteiger charge is 2.33. The maximum Gasteiger partial charge on any atom is 0.315 e. The van der Waals surface area contributed by atoms with Gasteiger partial charge in [0, 0.05) is 6.92 Å². The molecule has 0 aliphatic rings. The number of aliphatic hydroxyl groups is 1. The van der Waals surface area contributed by atoms with Gasteiger partial charge < -0.3 is 9.52 Å². The van der Waals surface area contributed by atoms with Crippen molar-refractivity contribution in [3.05, 3.63) is 17.8 Å². The van der Waals surface area contributed by atoms with Gasteiger partial charge in [0.1, 0.15) is 12.9 Å². The summed E-state index contributed by atoms with van der Waals surface area (Å²) in [7, 11) is 0. The van der Waals surface area contributed by atoms with E-state index in [1.165, 1.54) is 6.92 Å². The minimum atomic E-state index is -3.29. The first kappa shape index (κ1) is 8.13. The summed E-state index contributed by atoms with van der Waals surface area (Å²) in [5.41, 5.74) is -0.530. The standard InChI is InChI=1S/C6H7F2NO2/c1-4-9-5(2-11-4)6(7,8)3-10/h2,10H,3H2,1H3. The smallest absolute Gasteiger partial charge is 0.315 e. The van der Waals surface area contributed by atoms with Crippen LogP contribution in [0.2, 0.25) is 0 Å². The Kier molecular flexibility index (Phi) is 1.90. The molecule has 0 unspecified atom stereocenters. The van der Waals surface area contributed by atoms with Crippen LogP contribution in [0.4, 0.5) is 8.78 Å². The zero-order valence-electron chi connectivity index (χ0n) is 5.84. The maximum absolute atomic E-state index is 12.5. The van der Waals surface area contributed by atoms with Crippen molar-refractivity contribution in [2.75, 3.05) is 6.61 Å². The molecule has 62 valence electrons. The molecule has 1 aromatic rings. The van der Waals surface area contributed by atoms with Crippen molar-refractivity contribution in [3.63, 3.8) is 0 Å². The van der Waals surface area contributed by atoms with Crippen molar-refractivity contribution in [3.8, 4) is 0 Å². The van der Waals surface area contributed by atoms with Gasteiger partial charge in [-0.05, 0) is 0 Å². The highest BCUT2D eigenvalue weighted by molar-refractivity contribution is 5.03. The molecule has 0 radical (unpaired) electrons. The summed E-state index contributed by atoms with van der Waals surface area (Å²) in [5, 5.41) is 8.23. The zero-order chi connectivity index (χ0) is 8.48. The molecule has 1 N–H and O–H groups in total. The predicted octanol–water partition coefficient (Wildman–Crippen LogP) is 1.07. The van der Waals surface area contributed by atoms with Crippen LogP contribution < -0.4 is 0 Å². The van der Waals surface area contributed by atoms with E-state index >= 15 is 0 Å². The van der Waals surface area contributed by atoms with Crippen LogP contribution in [0, 0.1) is 6.92 Å². The molecule has 5 heteroatoms. The average Bonchev–Trinajstić information content (AvgIpc) is 2.36.